The molecule has 0 aliphatic heterocycles. The second-order valence-corrected chi connectivity index (χ2v) is 3.74. The van der Waals surface area contributed by atoms with E-state index in [-0.39, 0.29) is 0 Å². The molecule has 2 aromatic rings. The summed E-state index contributed by atoms with van der Waals surface area (Å²) in [5.74, 6) is 0.297. The quantitative estimate of drug-likeness (QED) is 0.808. The van der Waals surface area contributed by atoms with Crippen molar-refractivity contribution in [2.75, 3.05) is 6.54 Å². The van der Waals surface area contributed by atoms with Crippen molar-refractivity contribution in [3.05, 3.63) is 59.9 Å². The van der Waals surface area contributed by atoms with Gasteiger partial charge in [0.15, 0.2) is 0 Å². The van der Waals surface area contributed by atoms with Crippen molar-refractivity contribution in [1.29, 1.82) is 0 Å². The lowest BCUT2D eigenvalue weighted by atomic mass is 9.96. The van der Waals surface area contributed by atoms with Crippen molar-refractivity contribution in [1.82, 2.24) is 4.57 Å². The third kappa shape index (κ3) is 1.95. The number of hydrogen-bond acceptors (Lipinski definition) is 1. The second kappa shape index (κ2) is 4.32. The highest BCUT2D eigenvalue weighted by Crippen LogP contribution is 2.23. The molecular formula is C13H16N2. The molecule has 2 nitrogen and oxygen atoms in total. The average molecular weight is 200 g/mol. The maximum Gasteiger partial charge on any atom is 0.0365 e. The van der Waals surface area contributed by atoms with E-state index >= 15 is 0 Å². The minimum atomic E-state index is 0.297. The number of rotatable bonds is 3. The predicted octanol–water partition coefficient (Wildman–Crippen LogP) is 2.12. The standard InChI is InChI=1S/C13H16N2/c1-15-9-5-8-13(15)12(10-14)11-6-3-2-4-7-11/h2-9,12H,10,14H2,1H3. The Morgan fingerprint density at radius 1 is 1.13 bits per heavy atom. The predicted molar refractivity (Wildman–Crippen MR) is 62.8 cm³/mol. The topological polar surface area (TPSA) is 30.9 Å². The summed E-state index contributed by atoms with van der Waals surface area (Å²) >= 11 is 0. The smallest absolute Gasteiger partial charge is 0.0365 e. The van der Waals surface area contributed by atoms with Gasteiger partial charge in [-0.05, 0) is 17.7 Å². The molecule has 1 aromatic carbocycles. The molecule has 78 valence electrons. The van der Waals surface area contributed by atoms with Crippen LogP contribution in [0.2, 0.25) is 0 Å². The number of aryl methyl sites for hydroxylation is 1. The van der Waals surface area contributed by atoms with Gasteiger partial charge in [-0.15, -0.1) is 0 Å². The molecule has 2 rings (SSSR count). The van der Waals surface area contributed by atoms with Crippen LogP contribution in [0.15, 0.2) is 48.7 Å². The highest BCUT2D eigenvalue weighted by atomic mass is 14.9. The Hall–Kier alpha value is -1.54. The van der Waals surface area contributed by atoms with Crippen molar-refractivity contribution < 1.29 is 0 Å². The lowest BCUT2D eigenvalue weighted by Gasteiger charge is -2.16. The third-order valence-corrected chi connectivity index (χ3v) is 2.78. The zero-order valence-corrected chi connectivity index (χ0v) is 8.93. The normalized spacial score (nSPS) is 12.7. The van der Waals surface area contributed by atoms with Gasteiger partial charge in [0.05, 0.1) is 0 Å². The van der Waals surface area contributed by atoms with Crippen LogP contribution >= 0.6 is 0 Å². The first-order valence-corrected chi connectivity index (χ1v) is 5.19. The van der Waals surface area contributed by atoms with Crippen LogP contribution in [-0.2, 0) is 7.05 Å². The van der Waals surface area contributed by atoms with Gasteiger partial charge < -0.3 is 10.3 Å². The van der Waals surface area contributed by atoms with E-state index in [4.69, 9.17) is 5.73 Å². The zero-order chi connectivity index (χ0) is 10.7. The highest BCUT2D eigenvalue weighted by molar-refractivity contribution is 5.29. The Bertz CT molecular complexity index is 417. The molecule has 0 fully saturated rings. The van der Waals surface area contributed by atoms with Crippen LogP contribution < -0.4 is 5.73 Å². The Morgan fingerprint density at radius 2 is 1.87 bits per heavy atom. The van der Waals surface area contributed by atoms with Gasteiger partial charge in [0.2, 0.25) is 0 Å². The molecule has 0 radical (unpaired) electrons. The number of hydrogen-bond donors (Lipinski definition) is 1. The molecule has 2 heteroatoms. The fourth-order valence-corrected chi connectivity index (χ4v) is 1.95. The molecule has 15 heavy (non-hydrogen) atoms. The molecule has 1 unspecified atom stereocenters. The fraction of sp³-hybridized carbons (Fsp3) is 0.231. The first-order valence-electron chi connectivity index (χ1n) is 5.19. The summed E-state index contributed by atoms with van der Waals surface area (Å²) in [6, 6.07) is 14.6. The van der Waals surface area contributed by atoms with E-state index < -0.39 is 0 Å². The number of nitrogens with two attached hydrogens (primary N) is 1. The molecule has 0 aliphatic rings. The minimum absolute atomic E-state index is 0.297. The van der Waals surface area contributed by atoms with Crippen molar-refractivity contribution in [3.8, 4) is 0 Å². The Kier molecular flexibility index (Phi) is 2.88. The number of benzene rings is 1. The fourth-order valence-electron chi connectivity index (χ4n) is 1.95. The molecule has 1 atom stereocenters. The SMILES string of the molecule is Cn1cccc1C(CN)c1ccccc1. The molecule has 0 bridgehead atoms. The molecule has 0 spiro atoms. The molecule has 0 saturated heterocycles. The first kappa shape index (κ1) is 9.99. The highest BCUT2D eigenvalue weighted by Gasteiger charge is 2.13. The van der Waals surface area contributed by atoms with Gasteiger partial charge in [-0.3, -0.25) is 0 Å². The van der Waals surface area contributed by atoms with E-state index in [0.717, 1.165) is 0 Å². The summed E-state index contributed by atoms with van der Waals surface area (Å²) in [5, 5.41) is 0. The monoisotopic (exact) mass is 200 g/mol. The second-order valence-electron chi connectivity index (χ2n) is 3.74. The van der Waals surface area contributed by atoms with Gasteiger partial charge in [0, 0.05) is 31.4 Å². The van der Waals surface area contributed by atoms with E-state index in [0.29, 0.717) is 12.5 Å². The molecule has 1 heterocycles. The molecule has 0 amide bonds. The van der Waals surface area contributed by atoms with E-state index in [2.05, 4.69) is 54.2 Å². The van der Waals surface area contributed by atoms with Gasteiger partial charge >= 0.3 is 0 Å². The van der Waals surface area contributed by atoms with Crippen LogP contribution in [0.5, 0.6) is 0 Å². The summed E-state index contributed by atoms with van der Waals surface area (Å²) in [5.41, 5.74) is 8.40. The summed E-state index contributed by atoms with van der Waals surface area (Å²) in [4.78, 5) is 0. The van der Waals surface area contributed by atoms with Gasteiger partial charge in [-0.2, -0.15) is 0 Å². The van der Waals surface area contributed by atoms with Crippen LogP contribution in [0.25, 0.3) is 0 Å². The van der Waals surface area contributed by atoms with Crippen LogP contribution in [0, 0.1) is 0 Å². The summed E-state index contributed by atoms with van der Waals surface area (Å²) in [6.45, 7) is 0.641. The number of aromatic nitrogens is 1. The van der Waals surface area contributed by atoms with Crippen LogP contribution in [0.4, 0.5) is 0 Å². The van der Waals surface area contributed by atoms with Gasteiger partial charge in [-0.25, -0.2) is 0 Å². The van der Waals surface area contributed by atoms with E-state index in [9.17, 15) is 0 Å². The number of nitrogens with zero attached hydrogens (tertiary/aromatic N) is 1. The Balaban J connectivity index is 2.37. The van der Waals surface area contributed by atoms with E-state index in [1.807, 2.05) is 6.07 Å². The molecule has 0 saturated carbocycles. The lowest BCUT2D eigenvalue weighted by Crippen LogP contribution is -2.16. The van der Waals surface area contributed by atoms with Crippen LogP contribution in [0.3, 0.4) is 0 Å². The van der Waals surface area contributed by atoms with E-state index in [1.54, 1.807) is 0 Å². The molecule has 2 N–H and O–H groups in total. The maximum atomic E-state index is 5.85. The molecule has 0 aliphatic carbocycles. The Labute approximate surface area is 90.3 Å². The van der Waals surface area contributed by atoms with Gasteiger partial charge in [0.1, 0.15) is 0 Å². The lowest BCUT2D eigenvalue weighted by molar-refractivity contribution is 0.725. The zero-order valence-electron chi connectivity index (χ0n) is 8.93. The van der Waals surface area contributed by atoms with Crippen LogP contribution in [0.1, 0.15) is 17.2 Å². The van der Waals surface area contributed by atoms with Crippen molar-refractivity contribution in [3.63, 3.8) is 0 Å². The van der Waals surface area contributed by atoms with Crippen molar-refractivity contribution >= 4 is 0 Å². The van der Waals surface area contributed by atoms with Crippen molar-refractivity contribution in [2.45, 2.75) is 5.92 Å². The first-order chi connectivity index (χ1) is 7.33. The van der Waals surface area contributed by atoms with Gasteiger partial charge in [-0.1, -0.05) is 30.3 Å². The van der Waals surface area contributed by atoms with Gasteiger partial charge in [0.25, 0.3) is 0 Å². The van der Waals surface area contributed by atoms with Crippen LogP contribution in [-0.4, -0.2) is 11.1 Å². The summed E-state index contributed by atoms with van der Waals surface area (Å²) in [7, 11) is 2.06. The average Bonchev–Trinajstić information content (AvgIpc) is 2.68. The Morgan fingerprint density at radius 3 is 2.40 bits per heavy atom. The largest absolute Gasteiger partial charge is 0.354 e. The third-order valence-electron chi connectivity index (χ3n) is 2.78. The van der Waals surface area contributed by atoms with Crippen molar-refractivity contribution in [2.24, 2.45) is 12.8 Å². The molecular weight excluding hydrogens is 184 g/mol. The maximum absolute atomic E-state index is 5.85. The van der Waals surface area contributed by atoms with E-state index in [1.165, 1.54) is 11.3 Å². The minimum Gasteiger partial charge on any atom is -0.354 e. The molecule has 1 aromatic heterocycles. The summed E-state index contributed by atoms with van der Waals surface area (Å²) in [6.07, 6.45) is 2.06. The summed E-state index contributed by atoms with van der Waals surface area (Å²) < 4.78 is 2.13.